The quantitative estimate of drug-likeness (QED) is 0.524. The zero-order valence-corrected chi connectivity index (χ0v) is 14.3. The highest BCUT2D eigenvalue weighted by atomic mass is 16.5. The molecule has 0 saturated heterocycles. The Morgan fingerprint density at radius 1 is 1.27 bits per heavy atom. The Balaban J connectivity index is 0.000000758. The second-order valence-electron chi connectivity index (χ2n) is 5.10. The number of methoxy groups -OCH3 is 1. The minimum Gasteiger partial charge on any atom is -0.483 e. The zero-order valence-electron chi connectivity index (χ0n) is 14.3. The SMILES string of the molecule is COC(=O)c1cnc(-c2nccn2CCc2cnn(C)c2)cn1.O=CO. The third-order valence-electron chi connectivity index (χ3n) is 3.39. The van der Waals surface area contributed by atoms with E-state index < -0.39 is 5.97 Å². The maximum Gasteiger partial charge on any atom is 0.358 e. The first kappa shape index (κ1) is 18.8. The fraction of sp³-hybridized carbons (Fsp3) is 0.250. The van der Waals surface area contributed by atoms with Gasteiger partial charge in [0.15, 0.2) is 11.5 Å². The van der Waals surface area contributed by atoms with E-state index in [-0.39, 0.29) is 12.2 Å². The van der Waals surface area contributed by atoms with Crippen molar-refractivity contribution in [2.75, 3.05) is 7.11 Å². The minimum atomic E-state index is -0.510. The molecular formula is C16H18N6O4. The molecule has 3 aromatic heterocycles. The molecule has 0 fully saturated rings. The normalized spacial score (nSPS) is 9.92. The number of hydrogen-bond donors (Lipinski definition) is 1. The molecule has 0 amide bonds. The van der Waals surface area contributed by atoms with E-state index in [1.54, 1.807) is 10.9 Å². The number of imidazole rings is 1. The first-order chi connectivity index (χ1) is 12.6. The van der Waals surface area contributed by atoms with Gasteiger partial charge in [0.2, 0.25) is 0 Å². The van der Waals surface area contributed by atoms with Crippen LogP contribution >= 0.6 is 0 Å². The van der Waals surface area contributed by atoms with E-state index in [9.17, 15) is 4.79 Å². The second kappa shape index (κ2) is 9.06. The highest BCUT2D eigenvalue weighted by molar-refractivity contribution is 5.86. The van der Waals surface area contributed by atoms with Crippen LogP contribution in [-0.2, 0) is 29.5 Å². The fourth-order valence-corrected chi connectivity index (χ4v) is 2.23. The molecule has 26 heavy (non-hydrogen) atoms. The summed E-state index contributed by atoms with van der Waals surface area (Å²) in [5, 5.41) is 11.0. The van der Waals surface area contributed by atoms with Gasteiger partial charge in [-0.1, -0.05) is 0 Å². The zero-order chi connectivity index (χ0) is 18.9. The van der Waals surface area contributed by atoms with Crippen LogP contribution in [-0.4, -0.2) is 54.0 Å². The van der Waals surface area contributed by atoms with Gasteiger partial charge in [-0.05, 0) is 12.0 Å². The van der Waals surface area contributed by atoms with E-state index in [1.807, 2.05) is 30.2 Å². The first-order valence-corrected chi connectivity index (χ1v) is 7.56. The first-order valence-electron chi connectivity index (χ1n) is 7.56. The van der Waals surface area contributed by atoms with Crippen molar-refractivity contribution >= 4 is 12.4 Å². The predicted molar refractivity (Wildman–Crippen MR) is 90.2 cm³/mol. The fourth-order valence-electron chi connectivity index (χ4n) is 2.23. The van der Waals surface area contributed by atoms with E-state index in [1.165, 1.54) is 19.5 Å². The van der Waals surface area contributed by atoms with E-state index >= 15 is 0 Å². The molecule has 3 rings (SSSR count). The van der Waals surface area contributed by atoms with Gasteiger partial charge in [-0.25, -0.2) is 19.7 Å². The molecule has 0 saturated carbocycles. The highest BCUT2D eigenvalue weighted by Crippen LogP contribution is 2.15. The summed E-state index contributed by atoms with van der Waals surface area (Å²) in [7, 11) is 3.20. The lowest BCUT2D eigenvalue weighted by Gasteiger charge is -2.06. The molecule has 136 valence electrons. The van der Waals surface area contributed by atoms with Gasteiger partial charge in [0, 0.05) is 32.2 Å². The molecule has 10 nitrogen and oxygen atoms in total. The Kier molecular flexibility index (Phi) is 6.54. The molecule has 0 spiro atoms. The van der Waals surface area contributed by atoms with E-state index in [4.69, 9.17) is 9.90 Å². The van der Waals surface area contributed by atoms with Crippen molar-refractivity contribution in [1.82, 2.24) is 29.3 Å². The van der Waals surface area contributed by atoms with Crippen LogP contribution in [0, 0.1) is 0 Å². The van der Waals surface area contributed by atoms with Crippen LogP contribution in [0.2, 0.25) is 0 Å². The maximum absolute atomic E-state index is 11.4. The van der Waals surface area contributed by atoms with E-state index in [2.05, 4.69) is 24.8 Å². The predicted octanol–water partition coefficient (Wildman–Crippen LogP) is 0.804. The number of carbonyl (C=O) groups excluding carboxylic acids is 1. The van der Waals surface area contributed by atoms with Gasteiger partial charge in [-0.15, -0.1) is 0 Å². The Labute approximate surface area is 149 Å². The smallest absolute Gasteiger partial charge is 0.358 e. The van der Waals surface area contributed by atoms with Crippen molar-refractivity contribution < 1.29 is 19.4 Å². The van der Waals surface area contributed by atoms with Gasteiger partial charge in [0.05, 0.1) is 25.7 Å². The molecule has 0 atom stereocenters. The van der Waals surface area contributed by atoms with Crippen LogP contribution < -0.4 is 0 Å². The van der Waals surface area contributed by atoms with Crippen LogP contribution in [0.5, 0.6) is 0 Å². The van der Waals surface area contributed by atoms with Gasteiger partial charge >= 0.3 is 5.97 Å². The molecule has 0 aliphatic rings. The topological polar surface area (TPSA) is 125 Å². The Hall–Kier alpha value is -3.56. The Morgan fingerprint density at radius 2 is 2.04 bits per heavy atom. The van der Waals surface area contributed by atoms with Gasteiger partial charge in [-0.3, -0.25) is 9.48 Å². The molecule has 10 heteroatoms. The van der Waals surface area contributed by atoms with Crippen molar-refractivity contribution in [3.05, 3.63) is 48.4 Å². The number of esters is 1. The van der Waals surface area contributed by atoms with Crippen molar-refractivity contribution in [2.24, 2.45) is 7.05 Å². The van der Waals surface area contributed by atoms with Gasteiger partial charge in [0.1, 0.15) is 5.69 Å². The van der Waals surface area contributed by atoms with Crippen molar-refractivity contribution in [3.8, 4) is 11.5 Å². The molecule has 0 unspecified atom stereocenters. The third-order valence-corrected chi connectivity index (χ3v) is 3.39. The molecule has 0 bridgehead atoms. The summed E-state index contributed by atoms with van der Waals surface area (Å²) in [6.45, 7) is 0.501. The van der Waals surface area contributed by atoms with Crippen molar-refractivity contribution in [1.29, 1.82) is 0 Å². The van der Waals surface area contributed by atoms with Gasteiger partial charge in [-0.2, -0.15) is 5.10 Å². The molecule has 3 heterocycles. The average molecular weight is 358 g/mol. The lowest BCUT2D eigenvalue weighted by Crippen LogP contribution is -2.07. The summed E-state index contributed by atoms with van der Waals surface area (Å²) in [6, 6.07) is 0. The summed E-state index contributed by atoms with van der Waals surface area (Å²) >= 11 is 0. The number of aryl methyl sites for hydroxylation is 3. The Bertz CT molecular complexity index is 856. The van der Waals surface area contributed by atoms with Crippen molar-refractivity contribution in [3.63, 3.8) is 0 Å². The van der Waals surface area contributed by atoms with Crippen LogP contribution in [0.1, 0.15) is 16.1 Å². The standard InChI is InChI=1S/C15H16N6O2.CH2O2/c1-20-10-11(7-19-20)3-5-21-6-4-16-14(21)12-8-18-13(9-17-12)15(22)23-2;2-1-3/h4,6-10H,3,5H2,1-2H3;1H,(H,2,3). The minimum absolute atomic E-state index is 0.171. The van der Waals surface area contributed by atoms with E-state index in [0.29, 0.717) is 11.5 Å². The number of nitrogens with zero attached hydrogens (tertiary/aromatic N) is 6. The average Bonchev–Trinajstić information content (AvgIpc) is 3.29. The van der Waals surface area contributed by atoms with Crippen molar-refractivity contribution in [2.45, 2.75) is 13.0 Å². The lowest BCUT2D eigenvalue weighted by atomic mass is 10.2. The summed E-state index contributed by atoms with van der Waals surface area (Å²) in [5.74, 6) is 0.196. The van der Waals surface area contributed by atoms with Crippen LogP contribution in [0.25, 0.3) is 11.5 Å². The molecule has 0 radical (unpaired) electrons. The molecule has 3 aromatic rings. The lowest BCUT2D eigenvalue weighted by molar-refractivity contribution is -0.122. The van der Waals surface area contributed by atoms with Crippen LogP contribution in [0.15, 0.2) is 37.2 Å². The van der Waals surface area contributed by atoms with E-state index in [0.717, 1.165) is 18.5 Å². The van der Waals surface area contributed by atoms with Crippen LogP contribution in [0.4, 0.5) is 0 Å². The number of ether oxygens (including phenoxy) is 1. The summed E-state index contributed by atoms with van der Waals surface area (Å²) < 4.78 is 8.38. The third kappa shape index (κ3) is 4.72. The molecule has 1 N–H and O–H groups in total. The molecule has 0 aromatic carbocycles. The van der Waals surface area contributed by atoms with Gasteiger partial charge < -0.3 is 14.4 Å². The largest absolute Gasteiger partial charge is 0.483 e. The van der Waals surface area contributed by atoms with Crippen LogP contribution in [0.3, 0.4) is 0 Å². The molecule has 0 aliphatic heterocycles. The molecule has 0 aliphatic carbocycles. The second-order valence-corrected chi connectivity index (χ2v) is 5.10. The number of carboxylic acid groups (broad SMARTS) is 1. The maximum atomic E-state index is 11.4. The number of aromatic nitrogens is 6. The summed E-state index contributed by atoms with van der Waals surface area (Å²) in [6.07, 6.45) is 11.2. The monoisotopic (exact) mass is 358 g/mol. The summed E-state index contributed by atoms with van der Waals surface area (Å²) in [4.78, 5) is 32.4. The Morgan fingerprint density at radius 3 is 2.62 bits per heavy atom. The number of rotatable bonds is 5. The van der Waals surface area contributed by atoms with Gasteiger partial charge in [0.25, 0.3) is 6.47 Å². The highest BCUT2D eigenvalue weighted by Gasteiger charge is 2.11. The number of hydrogen-bond acceptors (Lipinski definition) is 7. The molecular weight excluding hydrogens is 340 g/mol. The number of carbonyl (C=O) groups is 2. The summed E-state index contributed by atoms with van der Waals surface area (Å²) in [5.41, 5.74) is 1.93.